The lowest BCUT2D eigenvalue weighted by Gasteiger charge is -2.23. The van der Waals surface area contributed by atoms with Crippen molar-refractivity contribution in [3.63, 3.8) is 0 Å². The molecule has 0 aliphatic rings. The summed E-state index contributed by atoms with van der Waals surface area (Å²) in [5.41, 5.74) is 12.1. The molecule has 0 saturated carbocycles. The van der Waals surface area contributed by atoms with Crippen LogP contribution in [0.5, 0.6) is 0 Å². The van der Waals surface area contributed by atoms with Crippen molar-refractivity contribution >= 4 is 35.5 Å². The number of carboxylic acid groups (broad SMARTS) is 1. The molecule has 0 aromatic heterocycles. The van der Waals surface area contributed by atoms with Crippen LogP contribution in [0, 0.1) is 0 Å². The Hall–Kier alpha value is -2.63. The first-order chi connectivity index (χ1) is 16.2. The van der Waals surface area contributed by atoms with Gasteiger partial charge in [-0.1, -0.05) is 36.8 Å². The van der Waals surface area contributed by atoms with Gasteiger partial charge in [-0.25, -0.2) is 4.79 Å². The van der Waals surface area contributed by atoms with Gasteiger partial charge in [0.05, 0.1) is 6.04 Å². The van der Waals surface area contributed by atoms with Crippen molar-refractivity contribution in [3.8, 4) is 0 Å². The van der Waals surface area contributed by atoms with E-state index in [1.54, 1.807) is 24.3 Å². The van der Waals surface area contributed by atoms with E-state index in [0.29, 0.717) is 31.6 Å². The largest absolute Gasteiger partial charge is 0.480 e. The van der Waals surface area contributed by atoms with Crippen molar-refractivity contribution in [2.45, 2.75) is 63.2 Å². The van der Waals surface area contributed by atoms with Crippen LogP contribution in [-0.2, 0) is 25.6 Å². The number of aliphatic carboxylic acids is 1. The molecule has 34 heavy (non-hydrogen) atoms. The molecular formula is C23H37N5O5S. The van der Waals surface area contributed by atoms with Gasteiger partial charge in [0.15, 0.2) is 0 Å². The number of rotatable bonds is 16. The number of hydrogen-bond donors (Lipinski definition) is 6. The zero-order chi connectivity index (χ0) is 25.5. The van der Waals surface area contributed by atoms with Crippen molar-refractivity contribution < 1.29 is 24.3 Å². The van der Waals surface area contributed by atoms with Crippen LogP contribution in [0.1, 0.15) is 38.2 Å². The summed E-state index contributed by atoms with van der Waals surface area (Å²) in [6.45, 7) is 2.01. The van der Waals surface area contributed by atoms with Crippen LogP contribution in [-0.4, -0.2) is 71.5 Å². The van der Waals surface area contributed by atoms with Gasteiger partial charge in [-0.05, 0) is 50.3 Å². The molecule has 3 amide bonds. The average molecular weight is 496 g/mol. The third kappa shape index (κ3) is 11.0. The molecule has 4 atom stereocenters. The Morgan fingerprint density at radius 2 is 1.59 bits per heavy atom. The second-order valence-electron chi connectivity index (χ2n) is 8.05. The van der Waals surface area contributed by atoms with E-state index >= 15 is 0 Å². The van der Waals surface area contributed by atoms with E-state index in [4.69, 9.17) is 11.5 Å². The standard InChI is InChI=1S/C23H37N5O5S/c1-15(26-21(30)17(25)10-6-7-12-24)20(29)27-18(11-13-34-2)22(31)28-19(23(32)33)14-16-8-4-3-5-9-16/h3-5,8-9,15,17-19H,6-7,10-14,24-25H2,1-2H3,(H,26,30)(H,27,29)(H,28,31)(H,32,33). The average Bonchev–Trinajstić information content (AvgIpc) is 2.81. The normalized spacial score (nSPS) is 14.4. The molecule has 0 fully saturated rings. The van der Waals surface area contributed by atoms with Crippen molar-refractivity contribution in [3.05, 3.63) is 35.9 Å². The summed E-state index contributed by atoms with van der Waals surface area (Å²) in [4.78, 5) is 49.5. The second kappa shape index (κ2) is 16.1. The first-order valence-corrected chi connectivity index (χ1v) is 12.7. The number of hydrogen-bond acceptors (Lipinski definition) is 7. The molecule has 10 nitrogen and oxygen atoms in total. The van der Waals surface area contributed by atoms with E-state index in [0.717, 1.165) is 12.0 Å². The smallest absolute Gasteiger partial charge is 0.326 e. The van der Waals surface area contributed by atoms with Gasteiger partial charge in [-0.3, -0.25) is 14.4 Å². The number of amides is 3. The van der Waals surface area contributed by atoms with E-state index in [1.807, 2.05) is 12.3 Å². The summed E-state index contributed by atoms with van der Waals surface area (Å²) in [6, 6.07) is 5.18. The van der Waals surface area contributed by atoms with E-state index < -0.39 is 47.9 Å². The Labute approximate surface area is 205 Å². The molecule has 4 unspecified atom stereocenters. The number of unbranched alkanes of at least 4 members (excludes halogenated alkanes) is 1. The number of carboxylic acids is 1. The van der Waals surface area contributed by atoms with E-state index in [1.165, 1.54) is 18.7 Å². The molecule has 11 heteroatoms. The summed E-state index contributed by atoms with van der Waals surface area (Å²) in [5, 5.41) is 17.3. The number of nitrogens with two attached hydrogens (primary N) is 2. The van der Waals surface area contributed by atoms with Gasteiger partial charge >= 0.3 is 5.97 Å². The third-order valence-corrected chi connectivity index (χ3v) is 5.84. The molecule has 0 aliphatic heterocycles. The van der Waals surface area contributed by atoms with Crippen LogP contribution in [0.15, 0.2) is 30.3 Å². The van der Waals surface area contributed by atoms with Crippen molar-refractivity contribution in [1.29, 1.82) is 0 Å². The Morgan fingerprint density at radius 1 is 0.941 bits per heavy atom. The number of nitrogens with one attached hydrogen (secondary N) is 3. The summed E-state index contributed by atoms with van der Waals surface area (Å²) in [5.74, 6) is -2.21. The molecule has 1 aromatic carbocycles. The first-order valence-electron chi connectivity index (χ1n) is 11.3. The third-order valence-electron chi connectivity index (χ3n) is 5.20. The molecule has 0 aliphatic carbocycles. The lowest BCUT2D eigenvalue weighted by atomic mass is 10.1. The van der Waals surface area contributed by atoms with Crippen LogP contribution in [0.2, 0.25) is 0 Å². The van der Waals surface area contributed by atoms with Crippen molar-refractivity contribution in [2.24, 2.45) is 11.5 Å². The fourth-order valence-corrected chi connectivity index (χ4v) is 3.62. The van der Waals surface area contributed by atoms with Gasteiger partial charge in [-0.2, -0.15) is 11.8 Å². The second-order valence-corrected chi connectivity index (χ2v) is 9.04. The number of thioether (sulfide) groups is 1. The molecule has 1 rings (SSSR count). The summed E-state index contributed by atoms with van der Waals surface area (Å²) in [6.07, 6.45) is 4.19. The quantitative estimate of drug-likeness (QED) is 0.174. The zero-order valence-corrected chi connectivity index (χ0v) is 20.6. The molecule has 0 bridgehead atoms. The van der Waals surface area contributed by atoms with Gasteiger partial charge in [0.25, 0.3) is 0 Å². The van der Waals surface area contributed by atoms with E-state index in [9.17, 15) is 24.3 Å². The monoisotopic (exact) mass is 495 g/mol. The molecule has 0 heterocycles. The van der Waals surface area contributed by atoms with Crippen LogP contribution < -0.4 is 27.4 Å². The number of benzene rings is 1. The summed E-state index contributed by atoms with van der Waals surface area (Å²) >= 11 is 1.49. The lowest BCUT2D eigenvalue weighted by Crippen LogP contribution is -2.56. The van der Waals surface area contributed by atoms with Crippen LogP contribution >= 0.6 is 11.8 Å². The maximum Gasteiger partial charge on any atom is 0.326 e. The SMILES string of the molecule is CSCCC(NC(=O)C(C)NC(=O)C(N)CCCCN)C(=O)NC(Cc1ccccc1)C(=O)O. The Morgan fingerprint density at radius 3 is 2.18 bits per heavy atom. The minimum absolute atomic E-state index is 0.111. The molecular weight excluding hydrogens is 458 g/mol. The van der Waals surface area contributed by atoms with Crippen molar-refractivity contribution in [1.82, 2.24) is 16.0 Å². The van der Waals surface area contributed by atoms with Gasteiger partial charge < -0.3 is 32.5 Å². The Balaban J connectivity index is 2.75. The molecule has 190 valence electrons. The number of carbonyl (C=O) groups is 4. The molecule has 0 saturated heterocycles. The number of carbonyl (C=O) groups excluding carboxylic acids is 3. The fourth-order valence-electron chi connectivity index (χ4n) is 3.15. The van der Waals surface area contributed by atoms with Crippen LogP contribution in [0.3, 0.4) is 0 Å². The zero-order valence-electron chi connectivity index (χ0n) is 19.8. The summed E-state index contributed by atoms with van der Waals surface area (Å²) in [7, 11) is 0. The highest BCUT2D eigenvalue weighted by Crippen LogP contribution is 2.07. The minimum atomic E-state index is -1.17. The van der Waals surface area contributed by atoms with E-state index in [2.05, 4.69) is 16.0 Å². The highest BCUT2D eigenvalue weighted by atomic mass is 32.2. The predicted molar refractivity (Wildman–Crippen MR) is 133 cm³/mol. The highest BCUT2D eigenvalue weighted by Gasteiger charge is 2.28. The first kappa shape index (κ1) is 29.4. The molecule has 0 radical (unpaired) electrons. The Bertz CT molecular complexity index is 795. The van der Waals surface area contributed by atoms with Gasteiger partial charge in [-0.15, -0.1) is 0 Å². The maximum atomic E-state index is 12.9. The molecule has 1 aromatic rings. The molecule has 0 spiro atoms. The Kier molecular flexibility index (Phi) is 13.9. The predicted octanol–water partition coefficient (Wildman–Crippen LogP) is -0.00260. The van der Waals surface area contributed by atoms with Gasteiger partial charge in [0.2, 0.25) is 17.7 Å². The lowest BCUT2D eigenvalue weighted by molar-refractivity contribution is -0.142. The van der Waals surface area contributed by atoms with Crippen LogP contribution in [0.4, 0.5) is 0 Å². The fraction of sp³-hybridized carbons (Fsp3) is 0.565. The van der Waals surface area contributed by atoms with E-state index in [-0.39, 0.29) is 6.42 Å². The van der Waals surface area contributed by atoms with Gasteiger partial charge in [0.1, 0.15) is 18.1 Å². The van der Waals surface area contributed by atoms with Crippen molar-refractivity contribution in [2.75, 3.05) is 18.6 Å². The highest BCUT2D eigenvalue weighted by molar-refractivity contribution is 7.98. The minimum Gasteiger partial charge on any atom is -0.480 e. The topological polar surface area (TPSA) is 177 Å². The summed E-state index contributed by atoms with van der Waals surface area (Å²) < 4.78 is 0. The van der Waals surface area contributed by atoms with Crippen LogP contribution in [0.25, 0.3) is 0 Å². The van der Waals surface area contributed by atoms with Gasteiger partial charge in [0, 0.05) is 6.42 Å². The maximum absolute atomic E-state index is 12.9. The molecule has 8 N–H and O–H groups in total.